The maximum atomic E-state index is 12.4. The lowest BCUT2D eigenvalue weighted by molar-refractivity contribution is -0.386. The number of nitrogens with one attached hydrogen (secondary N) is 1. The fraction of sp³-hybridized carbons (Fsp3) is 0.143. The molecule has 0 bridgehead atoms. The maximum absolute atomic E-state index is 12.4. The van der Waals surface area contributed by atoms with Crippen LogP contribution in [0.5, 0.6) is 0 Å². The maximum Gasteiger partial charge on any atom is 0.344 e. The highest BCUT2D eigenvalue weighted by molar-refractivity contribution is 5.92. The van der Waals surface area contributed by atoms with Gasteiger partial charge in [-0.2, -0.15) is 0 Å². The van der Waals surface area contributed by atoms with Gasteiger partial charge in [-0.05, 0) is 0 Å². The quantitative estimate of drug-likeness (QED) is 0.596. The van der Waals surface area contributed by atoms with Crippen molar-refractivity contribution in [2.45, 2.75) is 6.43 Å². The number of H-pyrrole nitrogens is 1. The van der Waals surface area contributed by atoms with E-state index in [4.69, 9.17) is 5.11 Å². The van der Waals surface area contributed by atoms with Crippen molar-refractivity contribution in [3.63, 3.8) is 0 Å². The molecular formula is C7H4F2N2O5. The summed E-state index contributed by atoms with van der Waals surface area (Å²) in [5.74, 6) is -1.77. The van der Waals surface area contributed by atoms with Gasteiger partial charge in [0.05, 0.1) is 4.92 Å². The second-order valence-corrected chi connectivity index (χ2v) is 2.66. The van der Waals surface area contributed by atoms with Crippen LogP contribution in [0.1, 0.15) is 22.3 Å². The van der Waals surface area contributed by atoms with Gasteiger partial charge in [0, 0.05) is 6.20 Å². The SMILES string of the molecule is O=C(O)c1c[nH]c(=O)c(C(F)F)c1[N+](=O)[O-]. The molecule has 1 aromatic heterocycles. The van der Waals surface area contributed by atoms with Gasteiger partial charge in [0.1, 0.15) is 0 Å². The second kappa shape index (κ2) is 4.04. The molecule has 0 radical (unpaired) electrons. The van der Waals surface area contributed by atoms with Gasteiger partial charge in [-0.25, -0.2) is 13.6 Å². The Morgan fingerprint density at radius 2 is 2.12 bits per heavy atom. The molecular weight excluding hydrogens is 230 g/mol. The third-order valence-electron chi connectivity index (χ3n) is 1.73. The molecule has 7 nitrogen and oxygen atoms in total. The number of rotatable bonds is 3. The summed E-state index contributed by atoms with van der Waals surface area (Å²) in [4.78, 5) is 32.3. The van der Waals surface area contributed by atoms with Crippen molar-refractivity contribution < 1.29 is 23.6 Å². The lowest BCUT2D eigenvalue weighted by Crippen LogP contribution is -2.19. The van der Waals surface area contributed by atoms with E-state index in [-0.39, 0.29) is 0 Å². The van der Waals surface area contributed by atoms with Crippen molar-refractivity contribution in [3.05, 3.63) is 37.8 Å². The Kier molecular flexibility index (Phi) is 2.97. The molecule has 0 unspecified atom stereocenters. The standard InChI is InChI=1S/C7H4F2N2O5/c8-5(9)3-4(11(15)16)2(7(13)14)1-10-6(3)12/h1,5H,(H,10,12)(H,13,14). The zero-order chi connectivity index (χ0) is 12.5. The number of aromatic carboxylic acids is 1. The van der Waals surface area contributed by atoms with Gasteiger partial charge in [0.25, 0.3) is 17.7 Å². The van der Waals surface area contributed by atoms with Gasteiger partial charge in [0.2, 0.25) is 0 Å². The van der Waals surface area contributed by atoms with Crippen molar-refractivity contribution >= 4 is 11.7 Å². The van der Waals surface area contributed by atoms with E-state index >= 15 is 0 Å². The summed E-state index contributed by atoms with van der Waals surface area (Å²) in [5.41, 5.74) is -5.21. The average Bonchev–Trinajstić information content (AvgIpc) is 2.15. The van der Waals surface area contributed by atoms with E-state index in [0.717, 1.165) is 0 Å². The van der Waals surface area contributed by atoms with Crippen molar-refractivity contribution in [2.75, 3.05) is 0 Å². The first kappa shape index (κ1) is 11.8. The predicted octanol–water partition coefficient (Wildman–Crippen LogP) is 0.919. The molecule has 0 spiro atoms. The minimum Gasteiger partial charge on any atom is -0.477 e. The number of nitro groups is 1. The van der Waals surface area contributed by atoms with Crippen LogP contribution in [0.25, 0.3) is 0 Å². The second-order valence-electron chi connectivity index (χ2n) is 2.66. The average molecular weight is 234 g/mol. The van der Waals surface area contributed by atoms with Gasteiger partial charge in [0.15, 0.2) is 11.1 Å². The van der Waals surface area contributed by atoms with Crippen LogP contribution in [0.15, 0.2) is 11.0 Å². The molecule has 1 heterocycles. The number of hydrogen-bond donors (Lipinski definition) is 2. The molecule has 0 aromatic carbocycles. The van der Waals surface area contributed by atoms with E-state index in [2.05, 4.69) is 0 Å². The van der Waals surface area contributed by atoms with Gasteiger partial charge < -0.3 is 10.1 Å². The number of pyridine rings is 1. The van der Waals surface area contributed by atoms with E-state index in [1.165, 1.54) is 0 Å². The number of aromatic nitrogens is 1. The van der Waals surface area contributed by atoms with Crippen LogP contribution in [0, 0.1) is 10.1 Å². The minimum absolute atomic E-state index is 0.509. The van der Waals surface area contributed by atoms with Crippen molar-refractivity contribution in [3.8, 4) is 0 Å². The van der Waals surface area contributed by atoms with Gasteiger partial charge >= 0.3 is 5.97 Å². The van der Waals surface area contributed by atoms with Crippen LogP contribution in [-0.2, 0) is 0 Å². The molecule has 0 aliphatic heterocycles. The molecule has 1 rings (SSSR count). The number of carbonyl (C=O) groups is 1. The van der Waals surface area contributed by atoms with Crippen molar-refractivity contribution in [1.29, 1.82) is 0 Å². The van der Waals surface area contributed by atoms with Crippen LogP contribution >= 0.6 is 0 Å². The summed E-state index contributed by atoms with van der Waals surface area (Å²) in [6.45, 7) is 0. The van der Waals surface area contributed by atoms with E-state index in [9.17, 15) is 28.5 Å². The van der Waals surface area contributed by atoms with Crippen LogP contribution < -0.4 is 5.56 Å². The summed E-state index contributed by atoms with van der Waals surface area (Å²) in [6.07, 6.45) is -2.92. The molecule has 0 aliphatic rings. The number of alkyl halides is 2. The molecule has 0 amide bonds. The van der Waals surface area contributed by atoms with Gasteiger partial charge in [-0.1, -0.05) is 0 Å². The first-order chi connectivity index (χ1) is 7.36. The van der Waals surface area contributed by atoms with E-state index < -0.39 is 39.7 Å². The van der Waals surface area contributed by atoms with Crippen molar-refractivity contribution in [2.24, 2.45) is 0 Å². The number of aromatic amines is 1. The minimum atomic E-state index is -3.43. The molecule has 86 valence electrons. The molecule has 0 atom stereocenters. The molecule has 0 saturated carbocycles. The Hall–Kier alpha value is -2.32. The zero-order valence-corrected chi connectivity index (χ0v) is 7.44. The molecule has 9 heteroatoms. The Labute approximate surface area is 85.5 Å². The molecule has 0 saturated heterocycles. The Morgan fingerprint density at radius 1 is 1.56 bits per heavy atom. The summed E-state index contributed by atoms with van der Waals surface area (Å²) >= 11 is 0. The summed E-state index contributed by atoms with van der Waals surface area (Å²) in [7, 11) is 0. The first-order valence-corrected chi connectivity index (χ1v) is 3.77. The molecule has 16 heavy (non-hydrogen) atoms. The Morgan fingerprint density at radius 3 is 2.50 bits per heavy atom. The van der Waals surface area contributed by atoms with Crippen LogP contribution in [0.3, 0.4) is 0 Å². The molecule has 0 aliphatic carbocycles. The third kappa shape index (κ3) is 1.87. The highest BCUT2D eigenvalue weighted by Gasteiger charge is 2.32. The van der Waals surface area contributed by atoms with Crippen molar-refractivity contribution in [1.82, 2.24) is 4.98 Å². The summed E-state index contributed by atoms with van der Waals surface area (Å²) < 4.78 is 24.7. The van der Waals surface area contributed by atoms with Gasteiger partial charge in [-0.15, -0.1) is 0 Å². The highest BCUT2D eigenvalue weighted by atomic mass is 19.3. The highest BCUT2D eigenvalue weighted by Crippen LogP contribution is 2.28. The first-order valence-electron chi connectivity index (χ1n) is 3.77. The van der Waals surface area contributed by atoms with Gasteiger partial charge in [-0.3, -0.25) is 14.9 Å². The fourth-order valence-electron chi connectivity index (χ4n) is 1.10. The largest absolute Gasteiger partial charge is 0.477 e. The summed E-state index contributed by atoms with van der Waals surface area (Å²) in [6, 6.07) is 0. The van der Waals surface area contributed by atoms with Crippen LogP contribution in [0.4, 0.5) is 14.5 Å². The Balaban J connectivity index is 3.70. The lowest BCUT2D eigenvalue weighted by Gasteiger charge is -2.02. The molecule has 1 aromatic rings. The number of halogens is 2. The van der Waals surface area contributed by atoms with Crippen LogP contribution in [-0.4, -0.2) is 21.0 Å². The van der Waals surface area contributed by atoms with E-state index in [1.54, 1.807) is 4.98 Å². The predicted molar refractivity (Wildman–Crippen MR) is 45.6 cm³/mol. The van der Waals surface area contributed by atoms with E-state index in [1.807, 2.05) is 0 Å². The normalized spacial score (nSPS) is 10.4. The zero-order valence-electron chi connectivity index (χ0n) is 7.44. The summed E-state index contributed by atoms with van der Waals surface area (Å²) in [5, 5.41) is 19.0. The number of hydrogen-bond acceptors (Lipinski definition) is 4. The molecule has 2 N–H and O–H groups in total. The third-order valence-corrected chi connectivity index (χ3v) is 1.73. The fourth-order valence-corrected chi connectivity index (χ4v) is 1.10. The number of nitrogens with zero attached hydrogens (tertiary/aromatic N) is 1. The number of carboxylic acid groups (broad SMARTS) is 1. The number of carboxylic acids is 1. The Bertz CT molecular complexity index is 510. The van der Waals surface area contributed by atoms with E-state index in [0.29, 0.717) is 6.20 Å². The monoisotopic (exact) mass is 234 g/mol. The lowest BCUT2D eigenvalue weighted by atomic mass is 10.1. The van der Waals surface area contributed by atoms with Crippen LogP contribution in [0.2, 0.25) is 0 Å². The smallest absolute Gasteiger partial charge is 0.344 e. The molecule has 0 fully saturated rings. The topological polar surface area (TPSA) is 113 Å².